The molecule has 5 rings (SSSR count). The van der Waals surface area contributed by atoms with Crippen LogP contribution >= 0.6 is 0 Å². The van der Waals surface area contributed by atoms with E-state index >= 15 is 0 Å². The molecule has 37 heavy (non-hydrogen) atoms. The van der Waals surface area contributed by atoms with E-state index in [-0.39, 0.29) is 35.0 Å². The van der Waals surface area contributed by atoms with Gasteiger partial charge in [0.15, 0.2) is 0 Å². The fourth-order valence-corrected chi connectivity index (χ4v) is 4.07. The van der Waals surface area contributed by atoms with Gasteiger partial charge < -0.3 is 14.4 Å². The lowest BCUT2D eigenvalue weighted by molar-refractivity contribution is -0.137. The van der Waals surface area contributed by atoms with Gasteiger partial charge >= 0.3 is 12.6 Å². The molecule has 13 heteroatoms. The minimum Gasteiger partial charge on any atom is -0.415 e. The van der Waals surface area contributed by atoms with Crippen LogP contribution in [-0.4, -0.2) is 36.1 Å². The Morgan fingerprint density at radius 2 is 1.81 bits per heavy atom. The van der Waals surface area contributed by atoms with Crippen molar-refractivity contribution in [3.05, 3.63) is 94.9 Å². The lowest BCUT2D eigenvalue weighted by Gasteiger charge is -2.31. The summed E-state index contributed by atoms with van der Waals surface area (Å²) in [4.78, 5) is 22.8. The highest BCUT2D eigenvalue weighted by atomic mass is 19.4. The predicted octanol–water partition coefficient (Wildman–Crippen LogP) is 4.91. The molecule has 4 aromatic rings. The maximum atomic E-state index is 13.5. The molecule has 2 atom stereocenters. The van der Waals surface area contributed by atoms with Crippen LogP contribution in [0.15, 0.2) is 65.3 Å². The van der Waals surface area contributed by atoms with E-state index in [2.05, 4.69) is 20.2 Å². The van der Waals surface area contributed by atoms with Crippen LogP contribution in [0.2, 0.25) is 0 Å². The molecule has 0 radical (unpaired) electrons. The lowest BCUT2D eigenvalue weighted by Crippen LogP contribution is -2.34. The molecule has 1 amide bonds. The number of halogens is 5. The third-order valence-corrected chi connectivity index (χ3v) is 5.86. The van der Waals surface area contributed by atoms with Gasteiger partial charge in [0.25, 0.3) is 11.8 Å². The minimum atomic E-state index is -4.60. The molecule has 8 nitrogen and oxygen atoms in total. The monoisotopic (exact) mass is 517 g/mol. The zero-order chi connectivity index (χ0) is 26.3. The number of nitrogens with zero attached hydrogens (tertiary/aromatic N) is 5. The Morgan fingerprint density at radius 3 is 2.43 bits per heavy atom. The van der Waals surface area contributed by atoms with Gasteiger partial charge in [0, 0.05) is 30.1 Å². The van der Waals surface area contributed by atoms with Crippen molar-refractivity contribution in [2.24, 2.45) is 0 Å². The van der Waals surface area contributed by atoms with Gasteiger partial charge in [-0.05, 0) is 42.0 Å². The summed E-state index contributed by atoms with van der Waals surface area (Å²) >= 11 is 0. The van der Waals surface area contributed by atoms with E-state index in [0.29, 0.717) is 11.8 Å². The van der Waals surface area contributed by atoms with Gasteiger partial charge in [0.05, 0.1) is 17.0 Å². The Hall–Kier alpha value is -4.26. The highest BCUT2D eigenvalue weighted by molar-refractivity contribution is 5.99. The molecule has 0 bridgehead atoms. The summed E-state index contributed by atoms with van der Waals surface area (Å²) in [6.07, 6.45) is -7.00. The van der Waals surface area contributed by atoms with Gasteiger partial charge in [0.1, 0.15) is 12.1 Å². The van der Waals surface area contributed by atoms with Crippen LogP contribution in [0, 0.1) is 0 Å². The van der Waals surface area contributed by atoms with Crippen molar-refractivity contribution in [2.75, 3.05) is 0 Å². The third-order valence-electron chi connectivity index (χ3n) is 5.86. The summed E-state index contributed by atoms with van der Waals surface area (Å²) in [5.41, 5.74) is 0.243. The van der Waals surface area contributed by atoms with Crippen LogP contribution < -0.4 is 0 Å². The molecular formula is C24H16F5N5O3. The van der Waals surface area contributed by atoms with Crippen LogP contribution in [0.5, 0.6) is 0 Å². The summed E-state index contributed by atoms with van der Waals surface area (Å²) in [6, 6.07) is 10.1. The third kappa shape index (κ3) is 4.65. The maximum Gasteiger partial charge on any atom is 0.417 e. The molecule has 1 aliphatic heterocycles. The Morgan fingerprint density at radius 1 is 1.00 bits per heavy atom. The van der Waals surface area contributed by atoms with E-state index in [1.54, 1.807) is 24.3 Å². The fraction of sp³-hybridized carbons (Fsp3) is 0.208. The number of amides is 1. The fourth-order valence-electron chi connectivity index (χ4n) is 4.07. The number of rotatable bonds is 6. The van der Waals surface area contributed by atoms with Crippen LogP contribution in [0.1, 0.15) is 57.3 Å². The topological polar surface area (TPSA) is 105 Å². The van der Waals surface area contributed by atoms with Gasteiger partial charge in [-0.2, -0.15) is 22.0 Å². The summed E-state index contributed by atoms with van der Waals surface area (Å²) in [7, 11) is 0. The average molecular weight is 517 g/mol. The molecule has 4 heterocycles. The van der Waals surface area contributed by atoms with Crippen molar-refractivity contribution in [1.82, 2.24) is 25.1 Å². The standard InChI is InChI=1S/C24H16F5N5O3/c25-20(26)22-33-32-21(37-22)12-4-5-13-11-34(23(36)15(13)9-12)18(16-3-1-2-8-30-16)19(35)17-7-6-14(10-31-17)24(27,28)29/h1-10,18-20,35H,11H2/t18-,19+/m1/s1. The van der Waals surface area contributed by atoms with Crippen molar-refractivity contribution >= 4 is 5.91 Å². The van der Waals surface area contributed by atoms with Gasteiger partial charge in [-0.15, -0.1) is 10.2 Å². The number of fused-ring (bicyclic) bond motifs is 1. The SMILES string of the molecule is O=C1c2cc(-c3nnc(C(F)F)o3)ccc2CN1[C@H](c1ccccn1)[C@@H](O)c1ccc(C(F)(F)F)cn1. The van der Waals surface area contributed by atoms with Gasteiger partial charge in [0.2, 0.25) is 5.89 Å². The Bertz CT molecular complexity index is 1430. The summed E-state index contributed by atoms with van der Waals surface area (Å²) in [6.45, 7) is 0.0412. The number of pyridine rings is 2. The van der Waals surface area contributed by atoms with E-state index in [9.17, 15) is 31.9 Å². The van der Waals surface area contributed by atoms with Crippen LogP contribution in [0.3, 0.4) is 0 Å². The molecule has 0 saturated heterocycles. The number of carbonyl (C=O) groups excluding carboxylic acids is 1. The molecule has 0 saturated carbocycles. The summed E-state index contributed by atoms with van der Waals surface area (Å²) in [5, 5.41) is 18.1. The number of aromatic nitrogens is 4. The van der Waals surface area contributed by atoms with Crippen molar-refractivity contribution in [2.45, 2.75) is 31.3 Å². The van der Waals surface area contributed by atoms with E-state index in [1.165, 1.54) is 23.2 Å². The minimum absolute atomic E-state index is 0.0412. The quantitative estimate of drug-likeness (QED) is 0.362. The number of hydrogen-bond acceptors (Lipinski definition) is 7. The first-order chi connectivity index (χ1) is 17.6. The van der Waals surface area contributed by atoms with Gasteiger partial charge in [-0.3, -0.25) is 14.8 Å². The largest absolute Gasteiger partial charge is 0.417 e. The van der Waals surface area contributed by atoms with Crippen molar-refractivity contribution in [3.63, 3.8) is 0 Å². The van der Waals surface area contributed by atoms with Crippen molar-refractivity contribution in [3.8, 4) is 11.5 Å². The van der Waals surface area contributed by atoms with Gasteiger partial charge in [-0.1, -0.05) is 12.1 Å². The molecule has 190 valence electrons. The zero-order valence-corrected chi connectivity index (χ0v) is 18.6. The van der Waals surface area contributed by atoms with Crippen LogP contribution in [0.4, 0.5) is 22.0 Å². The van der Waals surface area contributed by atoms with Crippen molar-refractivity contribution < 1.29 is 36.3 Å². The number of aliphatic hydroxyl groups is 1. The predicted molar refractivity (Wildman–Crippen MR) is 116 cm³/mol. The number of hydrogen-bond donors (Lipinski definition) is 1. The second-order valence-corrected chi connectivity index (χ2v) is 8.16. The van der Waals surface area contributed by atoms with Crippen LogP contribution in [0.25, 0.3) is 11.5 Å². The molecule has 0 fully saturated rings. The molecule has 0 aliphatic carbocycles. The van der Waals surface area contributed by atoms with Crippen molar-refractivity contribution in [1.29, 1.82) is 0 Å². The first kappa shape index (κ1) is 24.4. The number of alkyl halides is 5. The molecule has 1 N–H and O–H groups in total. The Balaban J connectivity index is 1.49. The number of carbonyl (C=O) groups is 1. The first-order valence-electron chi connectivity index (χ1n) is 10.8. The Kier molecular flexibility index (Phi) is 6.15. The van der Waals surface area contributed by atoms with E-state index in [4.69, 9.17) is 4.42 Å². The summed E-state index contributed by atoms with van der Waals surface area (Å²) in [5.74, 6) is -1.57. The maximum absolute atomic E-state index is 13.5. The molecule has 1 aromatic carbocycles. The van der Waals surface area contributed by atoms with Crippen LogP contribution in [-0.2, 0) is 12.7 Å². The smallest absolute Gasteiger partial charge is 0.415 e. The molecule has 1 aliphatic rings. The van der Waals surface area contributed by atoms with E-state index < -0.39 is 42.1 Å². The second kappa shape index (κ2) is 9.32. The molecular weight excluding hydrogens is 501 g/mol. The Labute approximate surface area is 205 Å². The number of benzene rings is 1. The number of aliphatic hydroxyl groups excluding tert-OH is 1. The highest BCUT2D eigenvalue weighted by Gasteiger charge is 2.40. The average Bonchev–Trinajstić information content (AvgIpc) is 3.50. The summed E-state index contributed by atoms with van der Waals surface area (Å²) < 4.78 is 69.5. The highest BCUT2D eigenvalue weighted by Crippen LogP contribution is 2.39. The molecule has 0 spiro atoms. The van der Waals surface area contributed by atoms with E-state index in [0.717, 1.165) is 12.1 Å². The van der Waals surface area contributed by atoms with E-state index in [1.807, 2.05) is 0 Å². The lowest BCUT2D eigenvalue weighted by atomic mass is 10.0. The molecule has 3 aromatic heterocycles. The first-order valence-corrected chi connectivity index (χ1v) is 10.8. The zero-order valence-electron chi connectivity index (χ0n) is 18.6. The second-order valence-electron chi connectivity index (χ2n) is 8.16. The molecule has 0 unspecified atom stereocenters. The normalized spacial score (nSPS) is 15.2. The van der Waals surface area contributed by atoms with Gasteiger partial charge in [-0.25, -0.2) is 0 Å².